The summed E-state index contributed by atoms with van der Waals surface area (Å²) in [4.78, 5) is 29.9. The van der Waals surface area contributed by atoms with Crippen LogP contribution in [0.1, 0.15) is 5.56 Å². The highest BCUT2D eigenvalue weighted by molar-refractivity contribution is 5.97. The lowest BCUT2D eigenvalue weighted by atomic mass is 9.98. The number of carbonyl (C=O) groups excluding carboxylic acids is 1. The third-order valence-electron chi connectivity index (χ3n) is 4.90. The SMILES string of the molecule is Cc1ccnnc1-c1ccncc1NC(=O)C(C(N)N=O)C1NCC(F)CN1C. The molecule has 0 bridgehead atoms. The molecule has 4 unspecified atom stereocenters. The summed E-state index contributed by atoms with van der Waals surface area (Å²) in [5, 5.41) is 16.6. The molecule has 4 atom stereocenters. The number of hydrogen-bond acceptors (Lipinski definition) is 9. The van der Waals surface area contributed by atoms with E-state index < -0.39 is 30.3 Å². The molecule has 1 aliphatic rings. The maximum Gasteiger partial charge on any atom is 0.234 e. The molecule has 0 radical (unpaired) electrons. The van der Waals surface area contributed by atoms with Crippen LogP contribution in [0.15, 0.2) is 35.9 Å². The number of aryl methyl sites for hydroxylation is 1. The molecule has 1 aliphatic heterocycles. The molecule has 1 fully saturated rings. The van der Waals surface area contributed by atoms with E-state index in [1.165, 1.54) is 6.20 Å². The fraction of sp³-hybridized carbons (Fsp3) is 0.444. The van der Waals surface area contributed by atoms with Crippen molar-refractivity contribution in [1.82, 2.24) is 25.4 Å². The van der Waals surface area contributed by atoms with Crippen molar-refractivity contribution in [2.45, 2.75) is 25.4 Å². The molecule has 11 heteroatoms. The van der Waals surface area contributed by atoms with Crippen molar-refractivity contribution < 1.29 is 9.18 Å². The van der Waals surface area contributed by atoms with Crippen molar-refractivity contribution in [2.75, 3.05) is 25.5 Å². The van der Waals surface area contributed by atoms with Gasteiger partial charge in [-0.05, 0) is 31.7 Å². The second-order valence-electron chi connectivity index (χ2n) is 6.99. The Morgan fingerprint density at radius 1 is 1.45 bits per heavy atom. The molecule has 4 N–H and O–H groups in total. The first-order valence-corrected chi connectivity index (χ1v) is 9.11. The number of nitrogens with zero attached hydrogens (tertiary/aromatic N) is 5. The van der Waals surface area contributed by atoms with Crippen molar-refractivity contribution in [1.29, 1.82) is 0 Å². The van der Waals surface area contributed by atoms with Crippen LogP contribution in [0.4, 0.5) is 10.1 Å². The molecule has 1 amide bonds. The average molecular weight is 402 g/mol. The molecule has 1 saturated heterocycles. The molecular weight excluding hydrogens is 379 g/mol. The Labute approximate surface area is 167 Å². The van der Waals surface area contributed by atoms with Crippen LogP contribution >= 0.6 is 0 Å². The van der Waals surface area contributed by atoms with Gasteiger partial charge in [-0.25, -0.2) is 4.39 Å². The average Bonchev–Trinajstić information content (AvgIpc) is 2.70. The number of halogens is 1. The number of aromatic nitrogens is 3. The van der Waals surface area contributed by atoms with E-state index in [9.17, 15) is 14.1 Å². The Morgan fingerprint density at radius 2 is 2.24 bits per heavy atom. The first-order valence-electron chi connectivity index (χ1n) is 9.11. The molecule has 0 aliphatic carbocycles. The lowest BCUT2D eigenvalue weighted by molar-refractivity contribution is -0.124. The van der Waals surface area contributed by atoms with Crippen LogP contribution in [-0.2, 0) is 4.79 Å². The molecule has 3 heterocycles. The van der Waals surface area contributed by atoms with Gasteiger partial charge in [0.25, 0.3) is 0 Å². The number of anilines is 1. The van der Waals surface area contributed by atoms with Gasteiger partial charge in [-0.1, -0.05) is 5.18 Å². The quantitative estimate of drug-likeness (QED) is 0.599. The topological polar surface area (TPSA) is 138 Å². The smallest absolute Gasteiger partial charge is 0.234 e. The number of rotatable bonds is 6. The highest BCUT2D eigenvalue weighted by Gasteiger charge is 2.40. The highest BCUT2D eigenvalue weighted by atomic mass is 19.1. The number of carbonyl (C=O) groups is 1. The fourth-order valence-electron chi connectivity index (χ4n) is 3.42. The minimum atomic E-state index is -1.32. The van der Waals surface area contributed by atoms with Gasteiger partial charge in [-0.2, -0.15) is 10.2 Å². The minimum Gasteiger partial charge on any atom is -0.324 e. The lowest BCUT2D eigenvalue weighted by Crippen LogP contribution is -2.62. The van der Waals surface area contributed by atoms with Gasteiger partial charge in [0, 0.05) is 31.0 Å². The summed E-state index contributed by atoms with van der Waals surface area (Å²) >= 11 is 0. The molecule has 154 valence electrons. The molecular formula is C18H23FN8O2. The van der Waals surface area contributed by atoms with Crippen LogP contribution in [0.2, 0.25) is 0 Å². The van der Waals surface area contributed by atoms with Gasteiger partial charge in [-0.15, -0.1) is 4.91 Å². The summed E-state index contributed by atoms with van der Waals surface area (Å²) in [5.41, 5.74) is 8.31. The first-order chi connectivity index (χ1) is 13.9. The second kappa shape index (κ2) is 9.07. The van der Waals surface area contributed by atoms with Gasteiger partial charge in [0.15, 0.2) is 6.17 Å². The van der Waals surface area contributed by atoms with E-state index in [2.05, 4.69) is 31.0 Å². The predicted octanol–water partition coefficient (Wildman–Crippen LogP) is 0.652. The Kier molecular flexibility index (Phi) is 6.52. The molecule has 0 saturated carbocycles. The van der Waals surface area contributed by atoms with Gasteiger partial charge < -0.3 is 11.1 Å². The van der Waals surface area contributed by atoms with Crippen molar-refractivity contribution in [3.8, 4) is 11.3 Å². The van der Waals surface area contributed by atoms with Gasteiger partial charge in [0.1, 0.15) is 12.1 Å². The zero-order valence-electron chi connectivity index (χ0n) is 16.1. The van der Waals surface area contributed by atoms with Crippen LogP contribution in [0.25, 0.3) is 11.3 Å². The van der Waals surface area contributed by atoms with E-state index >= 15 is 0 Å². The molecule has 0 aromatic carbocycles. The summed E-state index contributed by atoms with van der Waals surface area (Å²) in [6.45, 7) is 2.05. The molecule has 2 aromatic heterocycles. The van der Waals surface area contributed by atoms with Crippen LogP contribution in [0.3, 0.4) is 0 Å². The summed E-state index contributed by atoms with van der Waals surface area (Å²) in [5.74, 6) is -1.57. The minimum absolute atomic E-state index is 0.0569. The van der Waals surface area contributed by atoms with E-state index in [1.807, 2.05) is 6.92 Å². The number of hydrogen-bond donors (Lipinski definition) is 3. The summed E-state index contributed by atoms with van der Waals surface area (Å²) < 4.78 is 13.6. The van der Waals surface area contributed by atoms with Crippen molar-refractivity contribution in [3.05, 3.63) is 41.2 Å². The van der Waals surface area contributed by atoms with Crippen LogP contribution in [-0.4, -0.2) is 64.6 Å². The number of nitrogens with one attached hydrogen (secondary N) is 2. The molecule has 3 rings (SSSR count). The third kappa shape index (κ3) is 4.58. The zero-order chi connectivity index (χ0) is 21.0. The number of amides is 1. The molecule has 29 heavy (non-hydrogen) atoms. The molecule has 0 spiro atoms. The molecule has 2 aromatic rings. The van der Waals surface area contributed by atoms with E-state index in [0.29, 0.717) is 16.9 Å². The van der Waals surface area contributed by atoms with E-state index in [1.54, 1.807) is 36.5 Å². The largest absolute Gasteiger partial charge is 0.324 e. The molecule has 10 nitrogen and oxygen atoms in total. The van der Waals surface area contributed by atoms with Gasteiger partial charge in [-0.3, -0.25) is 20.0 Å². The van der Waals surface area contributed by atoms with E-state index in [-0.39, 0.29) is 13.1 Å². The van der Waals surface area contributed by atoms with Crippen molar-refractivity contribution in [3.63, 3.8) is 0 Å². The van der Waals surface area contributed by atoms with Gasteiger partial charge in [0.2, 0.25) is 5.91 Å². The van der Waals surface area contributed by atoms with Crippen molar-refractivity contribution in [2.24, 2.45) is 16.8 Å². The Bertz CT molecular complexity index is 882. The summed E-state index contributed by atoms with van der Waals surface area (Å²) in [6.07, 6.45) is 1.59. The number of nitrogens with two attached hydrogens (primary N) is 1. The van der Waals surface area contributed by atoms with E-state index in [0.717, 1.165) is 5.56 Å². The van der Waals surface area contributed by atoms with E-state index in [4.69, 9.17) is 5.73 Å². The highest BCUT2D eigenvalue weighted by Crippen LogP contribution is 2.28. The predicted molar refractivity (Wildman–Crippen MR) is 105 cm³/mol. The van der Waals surface area contributed by atoms with Crippen LogP contribution in [0, 0.1) is 17.7 Å². The van der Waals surface area contributed by atoms with Crippen LogP contribution in [0.5, 0.6) is 0 Å². The van der Waals surface area contributed by atoms with Gasteiger partial charge >= 0.3 is 0 Å². The second-order valence-corrected chi connectivity index (χ2v) is 6.99. The Hall–Kier alpha value is -2.89. The maximum atomic E-state index is 13.6. The maximum absolute atomic E-state index is 13.6. The number of nitroso groups, excluding NO2 is 1. The first kappa shape index (κ1) is 20.8. The lowest BCUT2D eigenvalue weighted by Gasteiger charge is -2.39. The normalized spacial score (nSPS) is 21.9. The summed E-state index contributed by atoms with van der Waals surface area (Å²) in [7, 11) is 1.65. The number of pyridine rings is 1. The Morgan fingerprint density at radius 3 is 2.93 bits per heavy atom. The monoisotopic (exact) mass is 402 g/mol. The third-order valence-corrected chi connectivity index (χ3v) is 4.90. The Balaban J connectivity index is 1.89. The number of alkyl halides is 1. The standard InChI is InChI=1S/C18H23FN8O2/c1-10-3-6-23-25-15(10)12-4-5-21-8-13(12)24-18(28)14(16(20)26-29)17-22-7-11(19)9-27(17)2/h3-6,8,11,14,16-17,22H,7,9,20H2,1-2H3,(H,24,28). The van der Waals surface area contributed by atoms with Crippen LogP contribution < -0.4 is 16.4 Å². The fourth-order valence-corrected chi connectivity index (χ4v) is 3.42. The zero-order valence-corrected chi connectivity index (χ0v) is 16.1. The summed E-state index contributed by atoms with van der Waals surface area (Å²) in [6, 6.07) is 3.51. The van der Waals surface area contributed by atoms with Crippen molar-refractivity contribution >= 4 is 11.6 Å². The van der Waals surface area contributed by atoms with Gasteiger partial charge in [0.05, 0.1) is 23.7 Å².